The predicted octanol–water partition coefficient (Wildman–Crippen LogP) is 2.83. The van der Waals surface area contributed by atoms with Crippen molar-refractivity contribution >= 4 is 12.0 Å². The molecule has 0 saturated heterocycles. The van der Waals surface area contributed by atoms with E-state index in [4.69, 9.17) is 5.11 Å². The van der Waals surface area contributed by atoms with Crippen LogP contribution in [0.4, 0.5) is 18.0 Å². The second kappa shape index (κ2) is 9.87. The summed E-state index contributed by atoms with van der Waals surface area (Å²) >= 11 is 0. The number of nitrogens with one attached hydrogen (secondary N) is 2. The van der Waals surface area contributed by atoms with Gasteiger partial charge in [-0.3, -0.25) is 9.78 Å². The Hall–Kier alpha value is -3.14. The molecule has 1 heterocycles. The fraction of sp³-hybridized carbons (Fsp3) is 0.316. The van der Waals surface area contributed by atoms with Crippen LogP contribution in [0, 0.1) is 0 Å². The highest BCUT2D eigenvalue weighted by molar-refractivity contribution is 5.79. The van der Waals surface area contributed by atoms with E-state index in [2.05, 4.69) is 10.3 Å². The maximum Gasteiger partial charge on any atom is 0.405 e. The Balaban J connectivity index is 2.11. The normalized spacial score (nSPS) is 14.1. The van der Waals surface area contributed by atoms with Gasteiger partial charge in [-0.15, -0.1) is 0 Å². The first-order valence-electron chi connectivity index (χ1n) is 8.61. The molecule has 10 heteroatoms. The number of amides is 2. The number of carboxylic acid groups (broad SMARTS) is 1. The van der Waals surface area contributed by atoms with Gasteiger partial charge >= 0.3 is 12.5 Å². The Morgan fingerprint density at radius 3 is 2.17 bits per heavy atom. The highest BCUT2D eigenvalue weighted by Crippen LogP contribution is 2.24. The molecule has 2 aromatic rings. The van der Waals surface area contributed by atoms with E-state index >= 15 is 0 Å². The molecule has 1 unspecified atom stereocenters. The number of benzene rings is 1. The molecule has 0 aliphatic heterocycles. The standard InChI is InChI=1S/C19H20F3N3O4/c1-10(24-19(28)29)14-7-6-13(9-23-14)11-2-4-12(5-3-11)16(26)15(8-20)25-18(27)17(21)22/h2-7,9-10,15-17,24,26H,8H2,1H3,(H,25,27)(H,28,29)/t10?,15-,16-/m1/s1. The molecule has 0 saturated carbocycles. The maximum absolute atomic E-state index is 13.1. The Labute approximate surface area is 164 Å². The van der Waals surface area contributed by atoms with E-state index in [1.807, 2.05) is 0 Å². The molecule has 0 aliphatic carbocycles. The molecule has 0 fully saturated rings. The SMILES string of the molecule is CC(NC(=O)O)c1ccc(-c2ccc([C@@H](O)[C@@H](CF)NC(=O)C(F)F)cc2)cn1. The molecule has 1 aromatic carbocycles. The number of carbonyl (C=O) groups excluding carboxylic acids is 1. The van der Waals surface area contributed by atoms with Gasteiger partial charge < -0.3 is 20.8 Å². The zero-order valence-corrected chi connectivity index (χ0v) is 15.3. The molecular formula is C19H20F3N3O4. The first-order chi connectivity index (χ1) is 13.7. The van der Waals surface area contributed by atoms with Crippen molar-refractivity contribution in [2.24, 2.45) is 0 Å². The van der Waals surface area contributed by atoms with Crippen molar-refractivity contribution < 1.29 is 33.0 Å². The number of aliphatic hydroxyl groups is 1. The van der Waals surface area contributed by atoms with Crippen molar-refractivity contribution in [2.75, 3.05) is 6.67 Å². The summed E-state index contributed by atoms with van der Waals surface area (Å²) in [5.74, 6) is -1.65. The smallest absolute Gasteiger partial charge is 0.405 e. The van der Waals surface area contributed by atoms with Crippen molar-refractivity contribution in [2.45, 2.75) is 31.5 Å². The second-order valence-corrected chi connectivity index (χ2v) is 6.28. The van der Waals surface area contributed by atoms with Crippen molar-refractivity contribution in [1.29, 1.82) is 0 Å². The van der Waals surface area contributed by atoms with Crippen LogP contribution >= 0.6 is 0 Å². The van der Waals surface area contributed by atoms with E-state index in [1.165, 1.54) is 12.1 Å². The molecular weight excluding hydrogens is 391 g/mol. The van der Waals surface area contributed by atoms with Crippen molar-refractivity contribution in [1.82, 2.24) is 15.6 Å². The number of halogens is 3. The minimum atomic E-state index is -3.30. The highest BCUT2D eigenvalue weighted by atomic mass is 19.3. The van der Waals surface area contributed by atoms with Crippen LogP contribution < -0.4 is 10.6 Å². The molecule has 3 atom stereocenters. The van der Waals surface area contributed by atoms with Gasteiger partial charge in [-0.1, -0.05) is 30.3 Å². The van der Waals surface area contributed by atoms with Gasteiger partial charge in [0.2, 0.25) is 0 Å². The fourth-order valence-electron chi connectivity index (χ4n) is 2.64. The average molecular weight is 411 g/mol. The number of aromatic nitrogens is 1. The minimum absolute atomic E-state index is 0.245. The molecule has 0 radical (unpaired) electrons. The van der Waals surface area contributed by atoms with Crippen LogP contribution in [-0.4, -0.2) is 46.3 Å². The van der Waals surface area contributed by atoms with Gasteiger partial charge in [-0.25, -0.2) is 9.18 Å². The largest absolute Gasteiger partial charge is 0.465 e. The van der Waals surface area contributed by atoms with Gasteiger partial charge in [0, 0.05) is 11.8 Å². The van der Waals surface area contributed by atoms with Crippen LogP contribution in [0.1, 0.15) is 30.3 Å². The van der Waals surface area contributed by atoms with Crippen LogP contribution in [0.2, 0.25) is 0 Å². The van der Waals surface area contributed by atoms with Crippen LogP contribution in [-0.2, 0) is 4.79 Å². The summed E-state index contributed by atoms with van der Waals surface area (Å²) in [6.07, 6.45) is -4.41. The number of nitrogens with zero attached hydrogens (tertiary/aromatic N) is 1. The lowest BCUT2D eigenvalue weighted by Crippen LogP contribution is -2.43. The van der Waals surface area contributed by atoms with Gasteiger partial charge in [-0.2, -0.15) is 8.78 Å². The monoisotopic (exact) mass is 411 g/mol. The van der Waals surface area contributed by atoms with Crippen molar-refractivity contribution in [3.05, 3.63) is 53.9 Å². The van der Waals surface area contributed by atoms with E-state index in [1.54, 1.807) is 42.7 Å². The molecule has 2 amide bonds. The second-order valence-electron chi connectivity index (χ2n) is 6.28. The van der Waals surface area contributed by atoms with Crippen LogP contribution in [0.25, 0.3) is 11.1 Å². The lowest BCUT2D eigenvalue weighted by atomic mass is 9.99. The molecule has 4 N–H and O–H groups in total. The van der Waals surface area contributed by atoms with E-state index in [9.17, 15) is 27.9 Å². The molecule has 2 rings (SSSR count). The quantitative estimate of drug-likeness (QED) is 0.534. The zero-order valence-electron chi connectivity index (χ0n) is 15.3. The summed E-state index contributed by atoms with van der Waals surface area (Å²) < 4.78 is 37.7. The number of alkyl halides is 3. The number of hydrogen-bond acceptors (Lipinski definition) is 4. The van der Waals surface area contributed by atoms with E-state index in [-0.39, 0.29) is 5.56 Å². The van der Waals surface area contributed by atoms with E-state index in [0.717, 1.165) is 0 Å². The Kier molecular flexibility index (Phi) is 7.54. The van der Waals surface area contributed by atoms with Gasteiger partial charge in [0.15, 0.2) is 0 Å². The third-order valence-electron chi connectivity index (χ3n) is 4.23. The first-order valence-corrected chi connectivity index (χ1v) is 8.61. The topological polar surface area (TPSA) is 112 Å². The Morgan fingerprint density at radius 1 is 1.07 bits per heavy atom. The third kappa shape index (κ3) is 5.92. The Morgan fingerprint density at radius 2 is 1.69 bits per heavy atom. The minimum Gasteiger partial charge on any atom is -0.465 e. The number of pyridine rings is 1. The van der Waals surface area contributed by atoms with Gasteiger partial charge in [0.05, 0.1) is 17.8 Å². The fourth-order valence-corrected chi connectivity index (χ4v) is 2.64. The lowest BCUT2D eigenvalue weighted by Gasteiger charge is -2.22. The number of rotatable bonds is 8. The molecule has 156 valence electrons. The van der Waals surface area contributed by atoms with Gasteiger partial charge in [0.25, 0.3) is 5.91 Å². The summed E-state index contributed by atoms with van der Waals surface area (Å²) in [6, 6.07) is 7.64. The summed E-state index contributed by atoms with van der Waals surface area (Å²) in [5, 5.41) is 23.0. The zero-order chi connectivity index (χ0) is 21.6. The Bertz CT molecular complexity index is 832. The lowest BCUT2D eigenvalue weighted by molar-refractivity contribution is -0.133. The molecule has 1 aromatic heterocycles. The summed E-state index contributed by atoms with van der Waals surface area (Å²) in [5.41, 5.74) is 2.20. The molecule has 0 spiro atoms. The summed E-state index contributed by atoms with van der Waals surface area (Å²) in [4.78, 5) is 25.9. The highest BCUT2D eigenvalue weighted by Gasteiger charge is 2.26. The predicted molar refractivity (Wildman–Crippen MR) is 98.1 cm³/mol. The number of aliphatic hydroxyl groups excluding tert-OH is 1. The van der Waals surface area contributed by atoms with E-state index < -0.39 is 43.3 Å². The molecule has 0 aliphatic rings. The van der Waals surface area contributed by atoms with Crippen molar-refractivity contribution in [3.63, 3.8) is 0 Å². The summed E-state index contributed by atoms with van der Waals surface area (Å²) in [7, 11) is 0. The maximum atomic E-state index is 13.1. The van der Waals surface area contributed by atoms with Gasteiger partial charge in [0.1, 0.15) is 12.8 Å². The van der Waals surface area contributed by atoms with E-state index in [0.29, 0.717) is 16.8 Å². The van der Waals surface area contributed by atoms with Crippen molar-refractivity contribution in [3.8, 4) is 11.1 Å². The number of hydrogen-bond donors (Lipinski definition) is 4. The average Bonchev–Trinajstić information content (AvgIpc) is 2.71. The molecule has 0 bridgehead atoms. The van der Waals surface area contributed by atoms with Crippen LogP contribution in [0.3, 0.4) is 0 Å². The first kappa shape index (κ1) is 22.2. The van der Waals surface area contributed by atoms with Crippen LogP contribution in [0.15, 0.2) is 42.6 Å². The summed E-state index contributed by atoms with van der Waals surface area (Å²) in [6.45, 7) is 0.440. The number of carbonyl (C=O) groups is 2. The van der Waals surface area contributed by atoms with Crippen LogP contribution in [0.5, 0.6) is 0 Å². The third-order valence-corrected chi connectivity index (χ3v) is 4.23. The molecule has 29 heavy (non-hydrogen) atoms. The molecule has 7 nitrogen and oxygen atoms in total. The van der Waals surface area contributed by atoms with Gasteiger partial charge in [-0.05, 0) is 24.1 Å².